The number of anilines is 1. The molecule has 1 N–H and O–H groups in total. The molecule has 3 aromatic rings. The fourth-order valence-electron chi connectivity index (χ4n) is 4.48. The summed E-state index contributed by atoms with van der Waals surface area (Å²) in [5, 5.41) is 10.7. The number of nitrogens with zero attached hydrogens (tertiary/aromatic N) is 2. The third-order valence-electron chi connectivity index (χ3n) is 6.37. The number of β-amino-alcohol motifs (C(OH)–C–C–N with tert-alkyl or cyclic N) is 1. The van der Waals surface area contributed by atoms with Crippen molar-refractivity contribution in [3.05, 3.63) is 96.1 Å². The summed E-state index contributed by atoms with van der Waals surface area (Å²) >= 11 is 0. The molecule has 0 aromatic heterocycles. The Kier molecular flexibility index (Phi) is 8.90. The van der Waals surface area contributed by atoms with E-state index < -0.39 is 12.2 Å². The summed E-state index contributed by atoms with van der Waals surface area (Å²) in [6.07, 6.45) is -0.842. The van der Waals surface area contributed by atoms with Crippen molar-refractivity contribution in [1.29, 1.82) is 0 Å². The second-order valence-corrected chi connectivity index (χ2v) is 8.86. The third-order valence-corrected chi connectivity index (χ3v) is 6.37. The maximum Gasteiger partial charge on any atom is 0.191 e. The molecule has 0 radical (unpaired) electrons. The van der Waals surface area contributed by atoms with Crippen LogP contribution in [0.5, 0.6) is 5.75 Å². The van der Waals surface area contributed by atoms with Crippen molar-refractivity contribution >= 4 is 11.5 Å². The van der Waals surface area contributed by atoms with Crippen LogP contribution < -0.4 is 9.64 Å². The first-order valence-electron chi connectivity index (χ1n) is 12.2. The highest BCUT2D eigenvalue weighted by atomic mass is 16.5. The second-order valence-electron chi connectivity index (χ2n) is 8.86. The van der Waals surface area contributed by atoms with Crippen LogP contribution in [0.25, 0.3) is 0 Å². The predicted octanol–water partition coefficient (Wildman–Crippen LogP) is 3.69. The van der Waals surface area contributed by atoms with Crippen LogP contribution in [0.1, 0.15) is 15.9 Å². The number of benzene rings is 3. The lowest BCUT2D eigenvalue weighted by atomic mass is 10.00. The molecule has 184 valence electrons. The molecule has 2 unspecified atom stereocenters. The molecule has 0 saturated carbocycles. The van der Waals surface area contributed by atoms with Gasteiger partial charge in [0, 0.05) is 44.7 Å². The zero-order valence-electron chi connectivity index (χ0n) is 20.3. The van der Waals surface area contributed by atoms with Crippen LogP contribution in [0.2, 0.25) is 0 Å². The van der Waals surface area contributed by atoms with E-state index in [1.54, 1.807) is 19.2 Å². The number of Topliss-reactive ketones (excluding diaryl/α,β-unsaturated/α-hetero) is 1. The molecule has 2 atom stereocenters. The van der Waals surface area contributed by atoms with Crippen molar-refractivity contribution in [2.45, 2.75) is 18.6 Å². The average molecular weight is 475 g/mol. The molecular weight excluding hydrogens is 440 g/mol. The Morgan fingerprint density at radius 3 is 2.20 bits per heavy atom. The Hall–Kier alpha value is -3.19. The largest absolute Gasteiger partial charge is 0.495 e. The number of aliphatic hydroxyl groups is 1. The van der Waals surface area contributed by atoms with Gasteiger partial charge >= 0.3 is 0 Å². The number of rotatable bonds is 11. The zero-order chi connectivity index (χ0) is 24.5. The molecule has 4 rings (SSSR count). The number of aliphatic hydroxyl groups excluding tert-OH is 1. The number of carbonyl (C=O) groups excluding carboxylic acids is 1. The molecule has 0 aliphatic carbocycles. The number of ketones is 1. The standard InChI is InChI=1S/C29H34N2O4/c1-34-27-15-9-8-14-26(27)31-18-16-30(17-19-31)21-25(32)22-35-28(20-23-10-4-2-5-11-23)29(33)24-12-6-3-7-13-24/h2-15,25,28,32H,16-22H2,1H3. The van der Waals surface area contributed by atoms with Gasteiger partial charge in [-0.1, -0.05) is 72.8 Å². The first kappa shape index (κ1) is 24.9. The number of para-hydroxylation sites is 2. The van der Waals surface area contributed by atoms with E-state index in [-0.39, 0.29) is 12.4 Å². The molecule has 6 heteroatoms. The molecule has 1 aliphatic rings. The van der Waals surface area contributed by atoms with E-state index in [1.165, 1.54) is 0 Å². The van der Waals surface area contributed by atoms with Gasteiger partial charge in [0.2, 0.25) is 0 Å². The third kappa shape index (κ3) is 6.92. The van der Waals surface area contributed by atoms with E-state index in [0.29, 0.717) is 18.5 Å². The minimum absolute atomic E-state index is 0.0629. The normalized spacial score (nSPS) is 16.0. The van der Waals surface area contributed by atoms with Gasteiger partial charge in [0.1, 0.15) is 11.9 Å². The van der Waals surface area contributed by atoms with Gasteiger partial charge in [0.15, 0.2) is 5.78 Å². The molecule has 1 saturated heterocycles. The lowest BCUT2D eigenvalue weighted by molar-refractivity contribution is -0.0139. The van der Waals surface area contributed by atoms with Crippen molar-refractivity contribution in [1.82, 2.24) is 4.90 Å². The monoisotopic (exact) mass is 474 g/mol. The maximum absolute atomic E-state index is 13.1. The molecule has 0 bridgehead atoms. The Morgan fingerprint density at radius 1 is 0.886 bits per heavy atom. The van der Waals surface area contributed by atoms with E-state index >= 15 is 0 Å². The average Bonchev–Trinajstić information content (AvgIpc) is 2.92. The molecule has 3 aromatic carbocycles. The summed E-state index contributed by atoms with van der Waals surface area (Å²) in [7, 11) is 1.69. The van der Waals surface area contributed by atoms with E-state index in [1.807, 2.05) is 66.7 Å². The number of carbonyl (C=O) groups is 1. The smallest absolute Gasteiger partial charge is 0.191 e. The highest BCUT2D eigenvalue weighted by Gasteiger charge is 2.25. The lowest BCUT2D eigenvalue weighted by Crippen LogP contribution is -2.49. The molecular formula is C29H34N2O4. The number of piperazine rings is 1. The van der Waals surface area contributed by atoms with Crippen molar-refractivity contribution < 1.29 is 19.4 Å². The summed E-state index contributed by atoms with van der Waals surface area (Å²) in [5.41, 5.74) is 2.75. The Labute approximate surface area is 207 Å². The van der Waals surface area contributed by atoms with E-state index in [0.717, 1.165) is 43.2 Å². The van der Waals surface area contributed by atoms with E-state index in [9.17, 15) is 9.90 Å². The molecule has 0 amide bonds. The highest BCUT2D eigenvalue weighted by Crippen LogP contribution is 2.28. The van der Waals surface area contributed by atoms with Crippen molar-refractivity contribution in [2.75, 3.05) is 51.3 Å². The zero-order valence-corrected chi connectivity index (χ0v) is 20.3. The van der Waals surface area contributed by atoms with Gasteiger partial charge < -0.3 is 19.5 Å². The minimum atomic E-state index is -0.672. The number of hydrogen-bond acceptors (Lipinski definition) is 6. The number of methoxy groups -OCH3 is 1. The van der Waals surface area contributed by atoms with Crippen molar-refractivity contribution in [3.8, 4) is 5.75 Å². The van der Waals surface area contributed by atoms with Crippen LogP contribution in [-0.4, -0.2) is 74.4 Å². The fraction of sp³-hybridized carbons (Fsp3) is 0.345. The molecule has 1 heterocycles. The summed E-state index contributed by atoms with van der Waals surface area (Å²) in [6.45, 7) is 4.02. The molecule has 1 aliphatic heterocycles. The topological polar surface area (TPSA) is 62.2 Å². The molecule has 1 fully saturated rings. The minimum Gasteiger partial charge on any atom is -0.495 e. The summed E-state index contributed by atoms with van der Waals surface area (Å²) < 4.78 is 11.5. The second kappa shape index (κ2) is 12.5. The summed E-state index contributed by atoms with van der Waals surface area (Å²) in [6, 6.07) is 27.1. The van der Waals surface area contributed by atoms with Gasteiger partial charge in [-0.3, -0.25) is 9.69 Å². The quantitative estimate of drug-likeness (QED) is 0.428. The van der Waals surface area contributed by atoms with Gasteiger partial charge in [-0.25, -0.2) is 0 Å². The predicted molar refractivity (Wildman–Crippen MR) is 138 cm³/mol. The fourth-order valence-corrected chi connectivity index (χ4v) is 4.48. The van der Waals surface area contributed by atoms with Crippen LogP contribution in [0.3, 0.4) is 0 Å². The SMILES string of the molecule is COc1ccccc1N1CCN(CC(O)COC(Cc2ccccc2)C(=O)c2ccccc2)CC1. The Balaban J connectivity index is 1.30. The van der Waals surface area contributed by atoms with Crippen LogP contribution in [-0.2, 0) is 11.2 Å². The molecule has 0 spiro atoms. The van der Waals surface area contributed by atoms with Crippen molar-refractivity contribution in [2.24, 2.45) is 0 Å². The molecule has 6 nitrogen and oxygen atoms in total. The Bertz CT molecular complexity index is 1050. The maximum atomic E-state index is 13.1. The summed E-state index contributed by atoms with van der Waals surface area (Å²) in [4.78, 5) is 17.7. The van der Waals surface area contributed by atoms with Gasteiger partial charge in [-0.2, -0.15) is 0 Å². The van der Waals surface area contributed by atoms with Gasteiger partial charge in [-0.15, -0.1) is 0 Å². The first-order chi connectivity index (χ1) is 17.1. The van der Waals surface area contributed by atoms with Crippen LogP contribution >= 0.6 is 0 Å². The summed E-state index contributed by atoms with van der Waals surface area (Å²) in [5.74, 6) is 0.814. The van der Waals surface area contributed by atoms with Crippen molar-refractivity contribution in [3.63, 3.8) is 0 Å². The van der Waals surface area contributed by atoms with Crippen LogP contribution in [0.4, 0.5) is 5.69 Å². The van der Waals surface area contributed by atoms with E-state index in [2.05, 4.69) is 15.9 Å². The van der Waals surface area contributed by atoms with E-state index in [4.69, 9.17) is 9.47 Å². The lowest BCUT2D eigenvalue weighted by Gasteiger charge is -2.37. The molecule has 35 heavy (non-hydrogen) atoms. The van der Waals surface area contributed by atoms with Gasteiger partial charge in [0.05, 0.1) is 25.5 Å². The number of hydrogen-bond donors (Lipinski definition) is 1. The van der Waals surface area contributed by atoms with Gasteiger partial charge in [0.25, 0.3) is 0 Å². The van der Waals surface area contributed by atoms with Gasteiger partial charge in [-0.05, 0) is 17.7 Å². The van der Waals surface area contributed by atoms with Crippen LogP contribution in [0.15, 0.2) is 84.9 Å². The van der Waals surface area contributed by atoms with Crippen LogP contribution in [0, 0.1) is 0 Å². The first-order valence-corrected chi connectivity index (χ1v) is 12.2. The highest BCUT2D eigenvalue weighted by molar-refractivity contribution is 5.99. The Morgan fingerprint density at radius 2 is 1.51 bits per heavy atom. The number of ether oxygens (including phenoxy) is 2.